The SMILES string of the molecule is O=C1CCC(N2C(=O)c3ccccc3C2SCC23CNCC(C2)C3)C(=O)N1. The molecule has 2 unspecified atom stereocenters. The van der Waals surface area contributed by atoms with E-state index in [0.29, 0.717) is 17.4 Å². The number of carbonyl (C=O) groups is 3. The highest BCUT2D eigenvalue weighted by atomic mass is 32.2. The molecule has 1 aromatic carbocycles. The number of piperidine rings is 3. The van der Waals surface area contributed by atoms with Crippen molar-refractivity contribution in [1.82, 2.24) is 15.5 Å². The molecule has 4 aliphatic heterocycles. The highest BCUT2D eigenvalue weighted by molar-refractivity contribution is 7.99. The predicted octanol–water partition coefficient (Wildman–Crippen LogP) is 1.68. The van der Waals surface area contributed by atoms with E-state index in [1.54, 1.807) is 16.7 Å². The molecule has 1 saturated carbocycles. The molecule has 2 N–H and O–H groups in total. The number of thioether (sulfide) groups is 1. The van der Waals surface area contributed by atoms with Gasteiger partial charge in [-0.2, -0.15) is 0 Å². The average molecular weight is 385 g/mol. The van der Waals surface area contributed by atoms with Crippen molar-refractivity contribution in [3.05, 3.63) is 35.4 Å². The van der Waals surface area contributed by atoms with Gasteiger partial charge >= 0.3 is 0 Å². The Morgan fingerprint density at radius 3 is 2.74 bits per heavy atom. The highest BCUT2D eigenvalue weighted by Gasteiger charge is 2.50. The molecular weight excluding hydrogens is 362 g/mol. The van der Waals surface area contributed by atoms with Crippen LogP contribution >= 0.6 is 11.8 Å². The van der Waals surface area contributed by atoms with Crippen molar-refractivity contribution in [2.75, 3.05) is 18.8 Å². The van der Waals surface area contributed by atoms with E-state index >= 15 is 0 Å². The Balaban J connectivity index is 1.41. The second-order valence-corrected chi connectivity index (χ2v) is 9.40. The molecule has 27 heavy (non-hydrogen) atoms. The van der Waals surface area contributed by atoms with Crippen molar-refractivity contribution in [1.29, 1.82) is 0 Å². The summed E-state index contributed by atoms with van der Waals surface area (Å²) in [7, 11) is 0. The Hall–Kier alpha value is -1.86. The maximum absolute atomic E-state index is 13.1. The second kappa shape index (κ2) is 6.34. The fraction of sp³-hybridized carbons (Fsp3) is 0.550. The third-order valence-electron chi connectivity index (χ3n) is 6.41. The molecule has 0 radical (unpaired) electrons. The first-order chi connectivity index (χ1) is 13.1. The van der Waals surface area contributed by atoms with Crippen molar-refractivity contribution < 1.29 is 14.4 Å². The van der Waals surface area contributed by atoms with Crippen molar-refractivity contribution in [3.8, 4) is 0 Å². The summed E-state index contributed by atoms with van der Waals surface area (Å²) >= 11 is 1.78. The van der Waals surface area contributed by atoms with Crippen LogP contribution in [0.25, 0.3) is 0 Å². The van der Waals surface area contributed by atoms with Gasteiger partial charge in [0.25, 0.3) is 5.91 Å². The standard InChI is InChI=1S/C20H23N3O3S/c24-16-6-5-15(17(25)22-16)23-18(26)13-3-1-2-4-14(13)19(23)27-11-20-7-12(8-20)9-21-10-20/h1-4,12,15,19,21H,5-11H2,(H,22,24,25). The Bertz CT molecular complexity index is 815. The molecule has 3 amide bonds. The van der Waals surface area contributed by atoms with Gasteiger partial charge in [-0.25, -0.2) is 0 Å². The van der Waals surface area contributed by atoms with E-state index in [1.165, 1.54) is 12.8 Å². The number of rotatable bonds is 4. The van der Waals surface area contributed by atoms with Gasteiger partial charge in [0.05, 0.1) is 0 Å². The number of hydrogen-bond donors (Lipinski definition) is 2. The zero-order valence-corrected chi connectivity index (χ0v) is 15.9. The molecule has 3 saturated heterocycles. The maximum Gasteiger partial charge on any atom is 0.256 e. The van der Waals surface area contributed by atoms with Gasteiger partial charge in [0.2, 0.25) is 11.8 Å². The minimum atomic E-state index is -0.573. The molecule has 4 fully saturated rings. The summed E-state index contributed by atoms with van der Waals surface area (Å²) in [5.74, 6) is 1.08. The van der Waals surface area contributed by atoms with Gasteiger partial charge in [-0.1, -0.05) is 18.2 Å². The van der Waals surface area contributed by atoms with Crippen molar-refractivity contribution >= 4 is 29.5 Å². The van der Waals surface area contributed by atoms with Crippen LogP contribution in [0.5, 0.6) is 0 Å². The van der Waals surface area contributed by atoms with Crippen molar-refractivity contribution in [3.63, 3.8) is 0 Å². The van der Waals surface area contributed by atoms with Gasteiger partial charge in [0, 0.05) is 24.3 Å². The van der Waals surface area contributed by atoms with Gasteiger partial charge in [-0.05, 0) is 48.8 Å². The fourth-order valence-electron chi connectivity index (χ4n) is 5.14. The second-order valence-electron chi connectivity index (χ2n) is 8.34. The fourth-order valence-corrected chi connectivity index (χ4v) is 6.78. The summed E-state index contributed by atoms with van der Waals surface area (Å²) in [6, 6.07) is 7.09. The Kier molecular flexibility index (Phi) is 4.05. The van der Waals surface area contributed by atoms with Crippen LogP contribution in [0.3, 0.4) is 0 Å². The number of hydrogen-bond acceptors (Lipinski definition) is 5. The van der Waals surface area contributed by atoms with E-state index in [1.807, 2.05) is 24.3 Å². The molecule has 2 atom stereocenters. The summed E-state index contributed by atoms with van der Waals surface area (Å²) in [4.78, 5) is 38.8. The molecular formula is C20H23N3O3S. The van der Waals surface area contributed by atoms with Crippen LogP contribution in [-0.4, -0.2) is 47.5 Å². The lowest BCUT2D eigenvalue weighted by atomic mass is 9.60. The quantitative estimate of drug-likeness (QED) is 0.771. The van der Waals surface area contributed by atoms with Crippen molar-refractivity contribution in [2.24, 2.45) is 11.3 Å². The molecule has 7 heteroatoms. The van der Waals surface area contributed by atoms with Gasteiger partial charge in [0.1, 0.15) is 11.4 Å². The monoisotopic (exact) mass is 385 g/mol. The van der Waals surface area contributed by atoms with Crippen molar-refractivity contribution in [2.45, 2.75) is 37.1 Å². The molecule has 142 valence electrons. The molecule has 0 aromatic heterocycles. The summed E-state index contributed by atoms with van der Waals surface area (Å²) in [5.41, 5.74) is 2.00. The zero-order valence-electron chi connectivity index (χ0n) is 15.1. The average Bonchev–Trinajstić information content (AvgIpc) is 2.92. The lowest BCUT2D eigenvalue weighted by Gasteiger charge is -2.53. The largest absolute Gasteiger partial charge is 0.316 e. The predicted molar refractivity (Wildman–Crippen MR) is 102 cm³/mol. The topological polar surface area (TPSA) is 78.5 Å². The number of fused-ring (bicyclic) bond motifs is 3. The van der Waals surface area contributed by atoms with Crippen LogP contribution in [0.2, 0.25) is 0 Å². The molecule has 2 bridgehead atoms. The van der Waals surface area contributed by atoms with Gasteiger partial charge in [-0.15, -0.1) is 11.8 Å². The molecule has 4 heterocycles. The minimum Gasteiger partial charge on any atom is -0.316 e. The lowest BCUT2D eigenvalue weighted by molar-refractivity contribution is -0.137. The molecule has 1 aliphatic carbocycles. The lowest BCUT2D eigenvalue weighted by Crippen LogP contribution is -2.56. The normalized spacial score (nSPS) is 34.9. The number of amides is 3. The first-order valence-corrected chi connectivity index (χ1v) is 10.7. The number of imide groups is 1. The molecule has 6 rings (SSSR count). The minimum absolute atomic E-state index is 0.0941. The summed E-state index contributed by atoms with van der Waals surface area (Å²) in [6.45, 7) is 2.16. The number of nitrogens with one attached hydrogen (secondary N) is 2. The van der Waals surface area contributed by atoms with Gasteiger partial charge in [-0.3, -0.25) is 19.7 Å². The first-order valence-electron chi connectivity index (χ1n) is 9.64. The maximum atomic E-state index is 13.1. The van der Waals surface area contributed by atoms with E-state index < -0.39 is 6.04 Å². The number of carbonyl (C=O) groups excluding carboxylic acids is 3. The first kappa shape index (κ1) is 17.3. The van der Waals surface area contributed by atoms with E-state index in [2.05, 4.69) is 10.6 Å². The highest BCUT2D eigenvalue weighted by Crippen LogP contribution is 2.53. The van der Waals surface area contributed by atoms with Crippen LogP contribution < -0.4 is 10.6 Å². The smallest absolute Gasteiger partial charge is 0.256 e. The van der Waals surface area contributed by atoms with E-state index in [4.69, 9.17) is 0 Å². The van der Waals surface area contributed by atoms with Gasteiger partial charge < -0.3 is 10.2 Å². The Labute approximate surface area is 162 Å². The zero-order chi connectivity index (χ0) is 18.6. The third kappa shape index (κ3) is 2.79. The molecule has 5 aliphatic rings. The van der Waals surface area contributed by atoms with Gasteiger partial charge in [0.15, 0.2) is 0 Å². The van der Waals surface area contributed by atoms with Crippen LogP contribution in [0.4, 0.5) is 0 Å². The van der Waals surface area contributed by atoms with Crippen LogP contribution in [0.1, 0.15) is 47.0 Å². The summed E-state index contributed by atoms with van der Waals surface area (Å²) in [5, 5.41) is 5.76. The van der Waals surface area contributed by atoms with Crippen LogP contribution in [-0.2, 0) is 9.59 Å². The van der Waals surface area contributed by atoms with E-state index in [9.17, 15) is 14.4 Å². The Morgan fingerprint density at radius 1 is 1.19 bits per heavy atom. The summed E-state index contributed by atoms with van der Waals surface area (Å²) < 4.78 is 0. The third-order valence-corrected chi connectivity index (χ3v) is 7.99. The number of benzene rings is 1. The van der Waals surface area contributed by atoms with Crippen LogP contribution in [0, 0.1) is 11.3 Å². The molecule has 0 spiro atoms. The summed E-state index contributed by atoms with van der Waals surface area (Å²) in [6.07, 6.45) is 3.20. The molecule has 1 aromatic rings. The van der Waals surface area contributed by atoms with Crippen LogP contribution in [0.15, 0.2) is 24.3 Å². The number of nitrogens with zero attached hydrogens (tertiary/aromatic N) is 1. The molecule has 6 nitrogen and oxygen atoms in total. The Morgan fingerprint density at radius 2 is 2.00 bits per heavy atom. The van der Waals surface area contributed by atoms with E-state index in [0.717, 1.165) is 30.3 Å². The van der Waals surface area contributed by atoms with E-state index in [-0.39, 0.29) is 29.5 Å².